The highest BCUT2D eigenvalue weighted by Crippen LogP contribution is 2.17. The molecule has 3 nitrogen and oxygen atoms in total. The summed E-state index contributed by atoms with van der Waals surface area (Å²) >= 11 is 5.73. The topological polar surface area (TPSA) is 27.7 Å². The summed E-state index contributed by atoms with van der Waals surface area (Å²) in [5.41, 5.74) is 1.98. The van der Waals surface area contributed by atoms with Crippen molar-refractivity contribution in [3.05, 3.63) is 24.9 Å². The van der Waals surface area contributed by atoms with Crippen molar-refractivity contribution in [1.82, 2.24) is 0 Å². The summed E-state index contributed by atoms with van der Waals surface area (Å²) in [6.45, 7) is 30.1. The lowest BCUT2D eigenvalue weighted by Gasteiger charge is -2.22. The lowest BCUT2D eigenvalue weighted by Crippen LogP contribution is -2.30. The van der Waals surface area contributed by atoms with Crippen molar-refractivity contribution in [2.45, 2.75) is 137 Å². The van der Waals surface area contributed by atoms with E-state index < -0.39 is 16.6 Å². The second-order valence-electron chi connectivity index (χ2n) is 10.5. The van der Waals surface area contributed by atoms with Gasteiger partial charge in [-0.15, -0.1) is 24.8 Å². The van der Waals surface area contributed by atoms with Crippen molar-refractivity contribution in [2.24, 2.45) is 5.92 Å². The number of alkyl halides is 1. The zero-order valence-corrected chi connectivity index (χ0v) is 34.1. The zero-order chi connectivity index (χ0) is 29.4. The number of rotatable bonds is 20. The molecule has 0 saturated heterocycles. The van der Waals surface area contributed by atoms with Gasteiger partial charge in [0.2, 0.25) is 0 Å². The molecule has 0 aliphatic rings. The van der Waals surface area contributed by atoms with Crippen LogP contribution in [0.5, 0.6) is 0 Å². The first-order valence-corrected chi connectivity index (χ1v) is 27.7. The summed E-state index contributed by atoms with van der Waals surface area (Å²) < 4.78 is 17.0. The van der Waals surface area contributed by atoms with Gasteiger partial charge in [-0.1, -0.05) is 90.2 Å². The SMILES string of the molecule is C=CC.C=C[Si](C)(C)O[SiH2]C.CCCCCCC(CCCCl)CO[SiH2]C.CCCCC[Si](C)(C)O[SiH2]C. The molecule has 0 fully saturated rings. The van der Waals surface area contributed by atoms with Gasteiger partial charge in [0.05, 0.1) is 0 Å². The maximum atomic E-state index is 5.85. The first-order chi connectivity index (χ1) is 17.5. The first-order valence-electron chi connectivity index (χ1n) is 15.1. The van der Waals surface area contributed by atoms with Crippen molar-refractivity contribution in [1.29, 1.82) is 0 Å². The molecule has 1 atom stereocenters. The van der Waals surface area contributed by atoms with Crippen LogP contribution in [0.15, 0.2) is 24.9 Å². The van der Waals surface area contributed by atoms with E-state index in [-0.39, 0.29) is 29.3 Å². The van der Waals surface area contributed by atoms with Gasteiger partial charge in [-0.2, -0.15) is 0 Å². The summed E-state index contributed by atoms with van der Waals surface area (Å²) in [4.78, 5) is 0. The highest BCUT2D eigenvalue weighted by atomic mass is 35.5. The Morgan fingerprint density at radius 1 is 0.784 bits per heavy atom. The van der Waals surface area contributed by atoms with Crippen LogP contribution >= 0.6 is 11.6 Å². The molecule has 0 rings (SSSR count). The fourth-order valence-corrected chi connectivity index (χ4v) is 12.5. The fourth-order valence-electron chi connectivity index (χ4n) is 3.52. The van der Waals surface area contributed by atoms with E-state index in [4.69, 9.17) is 24.3 Å². The highest BCUT2D eigenvalue weighted by molar-refractivity contribution is 6.79. The van der Waals surface area contributed by atoms with Crippen LogP contribution in [-0.4, -0.2) is 58.4 Å². The minimum absolute atomic E-state index is 0.163. The van der Waals surface area contributed by atoms with Gasteiger partial charge >= 0.3 is 0 Å². The summed E-state index contributed by atoms with van der Waals surface area (Å²) in [5.74, 6) is 1.57. The van der Waals surface area contributed by atoms with Crippen molar-refractivity contribution in [3.8, 4) is 0 Å². The average molecular weight is 630 g/mol. The maximum absolute atomic E-state index is 5.85. The summed E-state index contributed by atoms with van der Waals surface area (Å²) in [6.07, 6.45) is 15.0. The molecule has 0 heterocycles. The Hall–Kier alpha value is 0.734. The van der Waals surface area contributed by atoms with E-state index in [1.807, 2.05) is 12.6 Å². The van der Waals surface area contributed by atoms with Crippen LogP contribution in [0.3, 0.4) is 0 Å². The zero-order valence-electron chi connectivity index (χ0n) is 27.1. The molecule has 0 saturated carbocycles. The molecule has 0 aromatic heterocycles. The second kappa shape index (κ2) is 34.8. The largest absolute Gasteiger partial charge is 0.461 e. The molecule has 0 aliphatic heterocycles. The predicted octanol–water partition coefficient (Wildman–Crippen LogP) is 8.53. The van der Waals surface area contributed by atoms with Crippen molar-refractivity contribution >= 4 is 57.5 Å². The molecule has 0 aromatic rings. The number of unbranched alkanes of at least 4 members (excludes halogenated alkanes) is 5. The molecule has 226 valence electrons. The third-order valence-electron chi connectivity index (χ3n) is 5.70. The summed E-state index contributed by atoms with van der Waals surface area (Å²) in [6, 6.07) is 1.36. The average Bonchev–Trinajstić information content (AvgIpc) is 2.84. The lowest BCUT2D eigenvalue weighted by atomic mass is 9.97. The van der Waals surface area contributed by atoms with Crippen molar-refractivity contribution in [2.75, 3.05) is 12.5 Å². The van der Waals surface area contributed by atoms with Gasteiger partial charge in [-0.05, 0) is 64.3 Å². The van der Waals surface area contributed by atoms with E-state index in [9.17, 15) is 0 Å². The first kappa shape index (κ1) is 44.7. The Labute approximate surface area is 249 Å². The van der Waals surface area contributed by atoms with E-state index in [0.717, 1.165) is 24.8 Å². The van der Waals surface area contributed by atoms with Crippen LogP contribution in [0, 0.1) is 5.92 Å². The Morgan fingerprint density at radius 3 is 1.70 bits per heavy atom. The number of allylic oxidation sites excluding steroid dienone is 1. The van der Waals surface area contributed by atoms with Crippen LogP contribution in [0.1, 0.15) is 85.0 Å². The lowest BCUT2D eigenvalue weighted by molar-refractivity contribution is 0.238. The molecule has 0 spiro atoms. The maximum Gasteiger partial charge on any atom is 0.197 e. The van der Waals surface area contributed by atoms with Gasteiger partial charge in [0.25, 0.3) is 0 Å². The third kappa shape index (κ3) is 44.0. The van der Waals surface area contributed by atoms with Crippen molar-refractivity contribution < 1.29 is 12.7 Å². The number of hydrogen-bond acceptors (Lipinski definition) is 3. The molecule has 1 unspecified atom stereocenters. The molecular formula is C28H69ClO3Si5. The highest BCUT2D eigenvalue weighted by Gasteiger charge is 2.19. The minimum atomic E-state index is -1.35. The van der Waals surface area contributed by atoms with Crippen LogP contribution < -0.4 is 0 Å². The number of halogens is 1. The Kier molecular flexibility index (Phi) is 42.0. The Balaban J connectivity index is -0.000000218. The smallest absolute Gasteiger partial charge is 0.197 e. The summed E-state index contributed by atoms with van der Waals surface area (Å²) in [5, 5.41) is 0. The Bertz CT molecular complexity index is 448. The minimum Gasteiger partial charge on any atom is -0.461 e. The standard InChI is InChI=1S/C12H27ClOSi.C8H22OSi2.C5H14OSi2.C3H6/c1-3-4-5-6-8-12(9-7-10-13)11-14-15-2;1-5-6-7-8-11(3,4)9-10-2;1-5-8(3,4)6-7-2;1-3-2/h12H,3-11,15H2,1-2H3;5-8,10H2,1-4H3;5H,1,7H2,2-4H3;3H,1H2,2H3. The van der Waals surface area contributed by atoms with E-state index in [2.05, 4.69) is 72.8 Å². The van der Waals surface area contributed by atoms with E-state index in [1.54, 1.807) is 6.08 Å². The van der Waals surface area contributed by atoms with Gasteiger partial charge in [0.1, 0.15) is 19.5 Å². The predicted molar refractivity (Wildman–Crippen MR) is 189 cm³/mol. The molecule has 0 aromatic carbocycles. The van der Waals surface area contributed by atoms with Gasteiger partial charge in [0, 0.05) is 12.5 Å². The quantitative estimate of drug-likeness (QED) is 0.0585. The van der Waals surface area contributed by atoms with Crippen LogP contribution in [0.2, 0.25) is 51.9 Å². The molecule has 0 N–H and O–H groups in total. The monoisotopic (exact) mass is 628 g/mol. The molecule has 0 amide bonds. The van der Waals surface area contributed by atoms with Crippen molar-refractivity contribution in [3.63, 3.8) is 0 Å². The van der Waals surface area contributed by atoms with Crippen LogP contribution in [-0.2, 0) is 12.7 Å². The van der Waals surface area contributed by atoms with Crippen LogP contribution in [0.4, 0.5) is 0 Å². The van der Waals surface area contributed by atoms with Gasteiger partial charge in [0.15, 0.2) is 26.4 Å². The number of hydrogen-bond donors (Lipinski definition) is 0. The second-order valence-corrected chi connectivity index (χ2v) is 23.0. The molecule has 0 bridgehead atoms. The molecule has 0 aliphatic carbocycles. The molecule has 37 heavy (non-hydrogen) atoms. The molecule has 9 heteroatoms. The van der Waals surface area contributed by atoms with Crippen LogP contribution in [0.25, 0.3) is 0 Å². The van der Waals surface area contributed by atoms with Gasteiger partial charge in [-0.3, -0.25) is 0 Å². The van der Waals surface area contributed by atoms with E-state index in [0.29, 0.717) is 0 Å². The Morgan fingerprint density at radius 2 is 1.30 bits per heavy atom. The third-order valence-corrected chi connectivity index (χ3v) is 17.6. The van der Waals surface area contributed by atoms with E-state index >= 15 is 0 Å². The fraction of sp³-hybridized carbons (Fsp3) is 0.857. The van der Waals surface area contributed by atoms with Gasteiger partial charge in [-0.25, -0.2) is 0 Å². The molecule has 0 radical (unpaired) electrons. The normalized spacial score (nSPS) is 12.6. The molecular weight excluding hydrogens is 560 g/mol. The van der Waals surface area contributed by atoms with E-state index in [1.165, 1.54) is 63.8 Å². The van der Waals surface area contributed by atoms with Gasteiger partial charge < -0.3 is 12.7 Å². The summed E-state index contributed by atoms with van der Waals surface area (Å²) in [7, 11) is -3.12.